The van der Waals surface area contributed by atoms with Gasteiger partial charge in [0.15, 0.2) is 24.8 Å². The summed E-state index contributed by atoms with van der Waals surface area (Å²) in [4.78, 5) is 0. The molecule has 2 rings (SSSR count). The summed E-state index contributed by atoms with van der Waals surface area (Å²) in [6.45, 7) is 6.72. The molecule has 2 aromatic heterocycles. The van der Waals surface area contributed by atoms with E-state index in [1.165, 1.54) is 39.9 Å². The van der Waals surface area contributed by atoms with E-state index in [0.717, 1.165) is 13.1 Å². The monoisotopic (exact) mass is 512 g/mol. The Labute approximate surface area is 202 Å². The number of aryl methyl sites for hydroxylation is 2. The van der Waals surface area contributed by atoms with Gasteiger partial charge >= 0.3 is 11.4 Å². The largest absolute Gasteiger partial charge is 1.00 e. The minimum atomic E-state index is -3.92. The number of pyridine rings is 2. The maximum Gasteiger partial charge on any atom is 0.304 e. The highest BCUT2D eigenvalue weighted by Crippen LogP contribution is 1.86. The lowest BCUT2D eigenvalue weighted by Crippen LogP contribution is -3.00. The first-order valence-electron chi connectivity index (χ1n) is 9.97. The Morgan fingerprint density at radius 1 is 0.781 bits per heavy atom. The highest BCUT2D eigenvalue weighted by molar-refractivity contribution is 7.84. The van der Waals surface area contributed by atoms with E-state index in [0.29, 0.717) is 6.26 Å². The van der Waals surface area contributed by atoms with E-state index in [1.807, 2.05) is 12.1 Å². The van der Waals surface area contributed by atoms with Crippen molar-refractivity contribution < 1.29 is 47.1 Å². The zero-order chi connectivity index (χ0) is 24.0. The number of halogens is 1. The fourth-order valence-corrected chi connectivity index (χ4v) is 2.05. The van der Waals surface area contributed by atoms with Crippen LogP contribution in [0.1, 0.15) is 39.5 Å². The molecule has 0 saturated heterocycles. The Kier molecular flexibility index (Phi) is 26.6. The molecule has 0 atom stereocenters. The van der Waals surface area contributed by atoms with Gasteiger partial charge in [-0.1, -0.05) is 38.8 Å². The zero-order valence-electron chi connectivity index (χ0n) is 19.6. The molecule has 0 aliphatic rings. The number of hydrogen-bond acceptors (Lipinski definition) is 6. The molecule has 2 aromatic rings. The second kappa shape index (κ2) is 24.2. The number of unbranched alkanes of at least 4 members (excludes halogenated alkanes) is 2. The topological polar surface area (TPSA) is 100 Å². The minimum Gasteiger partial charge on any atom is -1.00 e. The Morgan fingerprint density at radius 2 is 1.06 bits per heavy atom. The van der Waals surface area contributed by atoms with Gasteiger partial charge in [0.2, 0.25) is 0 Å². The second-order valence-corrected chi connectivity index (χ2v) is 8.66. The predicted molar refractivity (Wildman–Crippen MR) is 121 cm³/mol. The van der Waals surface area contributed by atoms with E-state index in [9.17, 15) is 4.21 Å². The van der Waals surface area contributed by atoms with E-state index < -0.39 is 21.5 Å². The molecule has 32 heavy (non-hydrogen) atoms. The van der Waals surface area contributed by atoms with Gasteiger partial charge in [-0.05, 0) is 0 Å². The molecule has 0 fully saturated rings. The van der Waals surface area contributed by atoms with Crippen LogP contribution in [0, 0.1) is 0 Å². The average Bonchev–Trinajstić information content (AvgIpc) is 2.77. The van der Waals surface area contributed by atoms with E-state index in [-0.39, 0.29) is 12.4 Å². The SMILES string of the molecule is CCCC[n+]1ccccc1.CCCC[n+]1ccccc1.COS(=O)OC.CS(=O)(=O)[O-].[Cl-]. The van der Waals surface area contributed by atoms with Gasteiger partial charge in [-0.3, -0.25) is 8.37 Å². The lowest BCUT2D eigenvalue weighted by Gasteiger charge is -1.91. The summed E-state index contributed by atoms with van der Waals surface area (Å²) in [6, 6.07) is 12.3. The van der Waals surface area contributed by atoms with Gasteiger partial charge in [0.25, 0.3) is 0 Å². The molecule has 0 unspecified atom stereocenters. The molecule has 8 nitrogen and oxygen atoms in total. The molecule has 186 valence electrons. The molecule has 2 heterocycles. The Morgan fingerprint density at radius 3 is 1.25 bits per heavy atom. The number of aromatic nitrogens is 2. The third-order valence-corrected chi connectivity index (χ3v) is 3.91. The van der Waals surface area contributed by atoms with Crippen molar-refractivity contribution in [3.8, 4) is 0 Å². The van der Waals surface area contributed by atoms with Gasteiger partial charge in [0.05, 0.1) is 24.3 Å². The fourth-order valence-electron chi connectivity index (χ4n) is 1.92. The van der Waals surface area contributed by atoms with Crippen molar-refractivity contribution in [3.63, 3.8) is 0 Å². The van der Waals surface area contributed by atoms with Crippen LogP contribution in [-0.2, 0) is 42.9 Å². The lowest BCUT2D eigenvalue weighted by molar-refractivity contribution is -0.697. The predicted octanol–water partition coefficient (Wildman–Crippen LogP) is -0.428. The van der Waals surface area contributed by atoms with Crippen LogP contribution in [0.25, 0.3) is 0 Å². The van der Waals surface area contributed by atoms with Crippen LogP contribution in [0.5, 0.6) is 0 Å². The zero-order valence-corrected chi connectivity index (χ0v) is 21.9. The fraction of sp³-hybridized carbons (Fsp3) is 0.524. The summed E-state index contributed by atoms with van der Waals surface area (Å²) in [7, 11) is -1.31. The molecule has 0 N–H and O–H groups in total. The van der Waals surface area contributed by atoms with Crippen LogP contribution in [0.4, 0.5) is 0 Å². The third kappa shape index (κ3) is 30.8. The van der Waals surface area contributed by atoms with Crippen molar-refractivity contribution in [1.29, 1.82) is 0 Å². The molecule has 0 amide bonds. The van der Waals surface area contributed by atoms with Crippen LogP contribution in [0.3, 0.4) is 0 Å². The molecule has 0 spiro atoms. The molecule has 0 radical (unpaired) electrons. The van der Waals surface area contributed by atoms with E-state index in [2.05, 4.69) is 80.4 Å². The quantitative estimate of drug-likeness (QED) is 0.351. The first kappa shape index (κ1) is 35.2. The molecule has 0 bridgehead atoms. The number of hydrogen-bond donors (Lipinski definition) is 0. The maximum atomic E-state index is 9.85. The van der Waals surface area contributed by atoms with Crippen molar-refractivity contribution in [2.24, 2.45) is 0 Å². The van der Waals surface area contributed by atoms with Crippen LogP contribution in [0.2, 0.25) is 0 Å². The first-order valence-corrected chi connectivity index (χ1v) is 12.8. The van der Waals surface area contributed by atoms with Crippen molar-refractivity contribution in [2.45, 2.75) is 52.6 Å². The molecular formula is C21H37ClN2O6S2. The van der Waals surface area contributed by atoms with Gasteiger partial charge in [0, 0.05) is 43.4 Å². The summed E-state index contributed by atoms with van der Waals surface area (Å²) in [5.74, 6) is 0. The minimum absolute atomic E-state index is 0. The van der Waals surface area contributed by atoms with E-state index >= 15 is 0 Å². The van der Waals surface area contributed by atoms with Crippen molar-refractivity contribution in [1.82, 2.24) is 0 Å². The van der Waals surface area contributed by atoms with E-state index in [1.54, 1.807) is 0 Å². The van der Waals surface area contributed by atoms with E-state index in [4.69, 9.17) is 13.0 Å². The molecule has 0 saturated carbocycles. The third-order valence-electron chi connectivity index (χ3n) is 3.37. The summed E-state index contributed by atoms with van der Waals surface area (Å²) in [5, 5.41) is 0. The summed E-state index contributed by atoms with van der Waals surface area (Å²) >= 11 is -1.53. The summed E-state index contributed by atoms with van der Waals surface area (Å²) in [5.41, 5.74) is 0. The van der Waals surface area contributed by atoms with Gasteiger partial charge in [0.1, 0.15) is 13.1 Å². The standard InChI is InChI=1S/2C9H14N.C2H6O3S.CH4O3S.ClH/c2*1-2-3-7-10-8-5-4-6-9-10;1-4-6(3)5-2;1-5(2,3)4;/h2*4-6,8-9H,2-3,7H2,1H3;1-2H3;1H3,(H,2,3,4);1H/q2*+1;;;/p-2. The van der Waals surface area contributed by atoms with Crippen LogP contribution >= 0.6 is 0 Å². The number of rotatable bonds is 8. The smallest absolute Gasteiger partial charge is 0.304 e. The van der Waals surface area contributed by atoms with Crippen molar-refractivity contribution in [2.75, 3.05) is 20.5 Å². The maximum absolute atomic E-state index is 9.85. The molecule has 11 heteroatoms. The first-order chi connectivity index (χ1) is 14.7. The lowest BCUT2D eigenvalue weighted by atomic mass is 10.3. The van der Waals surface area contributed by atoms with Crippen molar-refractivity contribution in [3.05, 3.63) is 61.2 Å². The van der Waals surface area contributed by atoms with Crippen LogP contribution in [0.15, 0.2) is 61.2 Å². The van der Waals surface area contributed by atoms with Gasteiger partial charge in [-0.25, -0.2) is 17.6 Å². The summed E-state index contributed by atoms with van der Waals surface area (Å²) in [6.07, 6.45) is 14.1. The highest BCUT2D eigenvalue weighted by Gasteiger charge is 1.94. The van der Waals surface area contributed by atoms with Gasteiger partial charge in [-0.15, -0.1) is 0 Å². The van der Waals surface area contributed by atoms with Gasteiger partial charge in [-0.2, -0.15) is 4.21 Å². The highest BCUT2D eigenvalue weighted by atomic mass is 35.5. The second-order valence-electron chi connectivity index (χ2n) is 6.18. The Balaban J connectivity index is -0.000000362. The normalized spacial score (nSPS) is 9.72. The molecule has 0 aliphatic heterocycles. The van der Waals surface area contributed by atoms with Gasteiger partial charge < -0.3 is 17.0 Å². The Hall–Kier alpha value is -1.43. The average molecular weight is 513 g/mol. The molecule has 0 aromatic carbocycles. The molecule has 0 aliphatic carbocycles. The Bertz CT molecular complexity index is 709. The van der Waals surface area contributed by atoms with Crippen LogP contribution in [-0.4, -0.2) is 37.7 Å². The number of nitrogens with zero attached hydrogens (tertiary/aromatic N) is 2. The summed E-state index contributed by atoms with van der Waals surface area (Å²) < 4.78 is 49.8. The van der Waals surface area contributed by atoms with Crippen LogP contribution < -0.4 is 21.5 Å². The van der Waals surface area contributed by atoms with Crippen molar-refractivity contribution >= 4 is 21.5 Å². The molecular weight excluding hydrogens is 476 g/mol.